The van der Waals surface area contributed by atoms with Gasteiger partial charge in [-0.1, -0.05) is 24.0 Å². The zero-order valence-electron chi connectivity index (χ0n) is 15.1. The minimum atomic E-state index is -0.692. The highest BCUT2D eigenvalue weighted by Gasteiger charge is 2.26. The number of nitrogens with zero attached hydrogens (tertiary/aromatic N) is 1. The summed E-state index contributed by atoms with van der Waals surface area (Å²) in [5.74, 6) is 6.85. The Kier molecular flexibility index (Phi) is 5.02. The van der Waals surface area contributed by atoms with Crippen LogP contribution in [0.3, 0.4) is 0 Å². The number of fused-ring (bicyclic) bond motifs is 1. The van der Waals surface area contributed by atoms with Crippen LogP contribution in [-0.4, -0.2) is 44.3 Å². The van der Waals surface area contributed by atoms with Crippen LogP contribution in [0.4, 0.5) is 10.5 Å². The first-order valence-electron chi connectivity index (χ1n) is 9.01. The summed E-state index contributed by atoms with van der Waals surface area (Å²) < 4.78 is 11.2. The lowest BCUT2D eigenvalue weighted by atomic mass is 10.2. The average Bonchev–Trinajstić information content (AvgIpc) is 3.17. The van der Waals surface area contributed by atoms with Crippen molar-refractivity contribution in [1.29, 1.82) is 0 Å². The molecule has 2 heterocycles. The number of carbonyl (C=O) groups excluding carboxylic acids is 2. The first kappa shape index (κ1) is 17.7. The van der Waals surface area contributed by atoms with E-state index in [0.717, 1.165) is 11.3 Å². The lowest BCUT2D eigenvalue weighted by Crippen LogP contribution is -2.44. The minimum absolute atomic E-state index is 0.0851. The number of hydrogen-bond acceptors (Lipinski definition) is 4. The van der Waals surface area contributed by atoms with E-state index in [0.29, 0.717) is 24.6 Å². The van der Waals surface area contributed by atoms with Gasteiger partial charge in [-0.25, -0.2) is 4.79 Å². The van der Waals surface area contributed by atoms with E-state index in [1.54, 1.807) is 17.0 Å². The Bertz CT molecular complexity index is 946. The predicted octanol–water partition coefficient (Wildman–Crippen LogP) is 1.52. The highest BCUT2D eigenvalue weighted by molar-refractivity contribution is 5.94. The third-order valence-corrected chi connectivity index (χ3v) is 4.42. The van der Waals surface area contributed by atoms with Crippen LogP contribution < -0.4 is 25.0 Å². The van der Waals surface area contributed by atoms with Gasteiger partial charge in [0.1, 0.15) is 6.61 Å². The Hall–Kier alpha value is -3.66. The maximum atomic E-state index is 12.2. The van der Waals surface area contributed by atoms with Crippen LogP contribution in [0.15, 0.2) is 48.5 Å². The van der Waals surface area contributed by atoms with Crippen molar-refractivity contribution in [3.8, 4) is 23.3 Å². The molecule has 2 aromatic rings. The fourth-order valence-electron chi connectivity index (χ4n) is 2.98. The van der Waals surface area contributed by atoms with E-state index < -0.39 is 6.10 Å². The second-order valence-corrected chi connectivity index (χ2v) is 6.31. The molecule has 1 unspecified atom stereocenters. The normalized spacial score (nSPS) is 17.4. The van der Waals surface area contributed by atoms with Crippen LogP contribution in [0.5, 0.6) is 11.5 Å². The molecule has 0 bridgehead atoms. The van der Waals surface area contributed by atoms with Gasteiger partial charge in [0.2, 0.25) is 6.10 Å². The van der Waals surface area contributed by atoms with Crippen molar-refractivity contribution in [1.82, 2.24) is 10.6 Å². The fraction of sp³-hybridized carbons (Fsp3) is 0.238. The molecule has 2 aliphatic rings. The molecule has 0 aromatic heterocycles. The summed E-state index contributed by atoms with van der Waals surface area (Å²) in [4.78, 5) is 25.6. The second-order valence-electron chi connectivity index (χ2n) is 6.31. The number of anilines is 1. The molecule has 2 N–H and O–H groups in total. The molecule has 7 heteroatoms. The van der Waals surface area contributed by atoms with E-state index in [1.165, 1.54) is 0 Å². The molecular formula is C21H19N3O4. The largest absolute Gasteiger partial charge is 0.485 e. The van der Waals surface area contributed by atoms with Gasteiger partial charge in [-0.05, 0) is 36.4 Å². The summed E-state index contributed by atoms with van der Waals surface area (Å²) in [7, 11) is 0. The van der Waals surface area contributed by atoms with Crippen LogP contribution in [0.2, 0.25) is 0 Å². The quantitative estimate of drug-likeness (QED) is 0.795. The molecule has 2 aliphatic heterocycles. The Morgan fingerprint density at radius 3 is 2.71 bits per heavy atom. The van der Waals surface area contributed by atoms with E-state index in [9.17, 15) is 9.59 Å². The molecule has 0 radical (unpaired) electrons. The lowest BCUT2D eigenvalue weighted by Gasteiger charge is -2.25. The zero-order chi connectivity index (χ0) is 19.3. The molecule has 7 nitrogen and oxygen atoms in total. The van der Waals surface area contributed by atoms with Gasteiger partial charge in [0.15, 0.2) is 11.5 Å². The second kappa shape index (κ2) is 7.92. The molecule has 2 aromatic carbocycles. The van der Waals surface area contributed by atoms with Gasteiger partial charge in [0, 0.05) is 24.3 Å². The SMILES string of the molecule is O=C(NCC#Cc1ccc(N2CCNC2=O)cc1)C1COc2ccccc2O1. The van der Waals surface area contributed by atoms with Crippen LogP contribution in [-0.2, 0) is 4.79 Å². The van der Waals surface area contributed by atoms with Crippen molar-refractivity contribution in [2.24, 2.45) is 0 Å². The molecule has 28 heavy (non-hydrogen) atoms. The summed E-state index contributed by atoms with van der Waals surface area (Å²) in [6.45, 7) is 1.69. The van der Waals surface area contributed by atoms with Gasteiger partial charge in [0.05, 0.1) is 6.54 Å². The average molecular weight is 377 g/mol. The summed E-state index contributed by atoms with van der Waals surface area (Å²) in [6, 6.07) is 14.6. The molecule has 0 saturated carbocycles. The number of nitrogens with one attached hydrogen (secondary N) is 2. The highest BCUT2D eigenvalue weighted by atomic mass is 16.6. The Morgan fingerprint density at radius 2 is 1.96 bits per heavy atom. The minimum Gasteiger partial charge on any atom is -0.485 e. The zero-order valence-corrected chi connectivity index (χ0v) is 15.1. The third kappa shape index (κ3) is 3.86. The Balaban J connectivity index is 1.28. The van der Waals surface area contributed by atoms with E-state index >= 15 is 0 Å². The molecule has 1 fully saturated rings. The van der Waals surface area contributed by atoms with E-state index in [2.05, 4.69) is 22.5 Å². The first-order chi connectivity index (χ1) is 13.7. The summed E-state index contributed by atoms with van der Waals surface area (Å²) >= 11 is 0. The molecule has 1 atom stereocenters. The van der Waals surface area contributed by atoms with Gasteiger partial charge in [-0.3, -0.25) is 9.69 Å². The maximum Gasteiger partial charge on any atom is 0.321 e. The monoisotopic (exact) mass is 377 g/mol. The standard InChI is InChI=1S/C21H19N3O4/c25-20(19-14-27-17-5-1-2-6-18(17)28-19)22-11-3-4-15-7-9-16(10-8-15)24-13-12-23-21(24)26/h1-2,5-10,19H,11-14H2,(H,22,25)(H,23,26). The van der Waals surface area contributed by atoms with Gasteiger partial charge >= 0.3 is 6.03 Å². The van der Waals surface area contributed by atoms with E-state index in [4.69, 9.17) is 9.47 Å². The van der Waals surface area contributed by atoms with Crippen LogP contribution in [0, 0.1) is 11.8 Å². The summed E-state index contributed by atoms with van der Waals surface area (Å²) in [5.41, 5.74) is 1.65. The smallest absolute Gasteiger partial charge is 0.321 e. The van der Waals surface area contributed by atoms with Gasteiger partial charge in [0.25, 0.3) is 5.91 Å². The maximum absolute atomic E-state index is 12.2. The van der Waals surface area contributed by atoms with Crippen LogP contribution >= 0.6 is 0 Å². The summed E-state index contributed by atoms with van der Waals surface area (Å²) in [6.07, 6.45) is -0.692. The number of para-hydroxylation sites is 2. The number of amides is 3. The van der Waals surface area contributed by atoms with Crippen molar-refractivity contribution < 1.29 is 19.1 Å². The third-order valence-electron chi connectivity index (χ3n) is 4.42. The predicted molar refractivity (Wildman–Crippen MR) is 103 cm³/mol. The van der Waals surface area contributed by atoms with Crippen molar-refractivity contribution in [2.45, 2.75) is 6.10 Å². The topological polar surface area (TPSA) is 79.9 Å². The van der Waals surface area contributed by atoms with Crippen LogP contribution in [0.25, 0.3) is 0 Å². The van der Waals surface area contributed by atoms with Crippen molar-refractivity contribution in [3.63, 3.8) is 0 Å². The number of rotatable bonds is 3. The summed E-state index contributed by atoms with van der Waals surface area (Å²) in [5, 5.41) is 5.50. The van der Waals surface area contributed by atoms with Crippen molar-refractivity contribution in [3.05, 3.63) is 54.1 Å². The molecule has 0 aliphatic carbocycles. The van der Waals surface area contributed by atoms with E-state index in [-0.39, 0.29) is 25.1 Å². The molecule has 0 spiro atoms. The van der Waals surface area contributed by atoms with Crippen molar-refractivity contribution in [2.75, 3.05) is 31.1 Å². The molecular weight excluding hydrogens is 358 g/mol. The van der Waals surface area contributed by atoms with E-state index in [1.807, 2.05) is 36.4 Å². The molecule has 142 valence electrons. The molecule has 1 saturated heterocycles. The van der Waals surface area contributed by atoms with Crippen molar-refractivity contribution >= 4 is 17.6 Å². The fourth-order valence-corrected chi connectivity index (χ4v) is 2.98. The number of ether oxygens (including phenoxy) is 2. The first-order valence-corrected chi connectivity index (χ1v) is 9.01. The van der Waals surface area contributed by atoms with Gasteiger partial charge in [-0.15, -0.1) is 0 Å². The number of carbonyl (C=O) groups is 2. The molecule has 3 amide bonds. The van der Waals surface area contributed by atoms with Crippen LogP contribution in [0.1, 0.15) is 5.56 Å². The highest BCUT2D eigenvalue weighted by Crippen LogP contribution is 2.30. The molecule has 4 rings (SSSR count). The lowest BCUT2D eigenvalue weighted by molar-refractivity contribution is -0.130. The number of hydrogen-bond donors (Lipinski definition) is 2. The number of benzene rings is 2. The van der Waals surface area contributed by atoms with Gasteiger partial charge in [-0.2, -0.15) is 0 Å². The van der Waals surface area contributed by atoms with Gasteiger partial charge < -0.3 is 20.1 Å². The number of urea groups is 1. The Morgan fingerprint density at radius 1 is 1.18 bits per heavy atom. The Labute approximate surface area is 162 Å².